The Morgan fingerprint density at radius 1 is 1.10 bits per heavy atom. The Hall–Kier alpha value is -2.01. The number of Topliss-reactive ketones (excluding diaryl/α,β-unsaturated/α-hetero) is 1. The summed E-state index contributed by atoms with van der Waals surface area (Å²) in [5.74, 6) is -1.85. The fraction of sp³-hybridized carbons (Fsp3) is 0.133. The fourth-order valence-corrected chi connectivity index (χ4v) is 3.41. The SMILES string of the molecule is Cc1ccccc1S(=O)(=O)CC(=O)c1cccc(F)c1. The Morgan fingerprint density at radius 3 is 2.45 bits per heavy atom. The van der Waals surface area contributed by atoms with Crippen LogP contribution in [0.15, 0.2) is 53.4 Å². The Labute approximate surface area is 117 Å². The number of hydrogen-bond donors (Lipinski definition) is 0. The van der Waals surface area contributed by atoms with E-state index in [0.29, 0.717) is 5.56 Å². The van der Waals surface area contributed by atoms with Gasteiger partial charge in [0.1, 0.15) is 11.6 Å². The zero-order valence-electron chi connectivity index (χ0n) is 10.8. The molecule has 2 aromatic rings. The van der Waals surface area contributed by atoms with Crippen molar-refractivity contribution in [3.63, 3.8) is 0 Å². The molecule has 0 atom stereocenters. The molecule has 0 bridgehead atoms. The van der Waals surface area contributed by atoms with Gasteiger partial charge in [0.05, 0.1) is 4.90 Å². The van der Waals surface area contributed by atoms with Crippen LogP contribution in [0.25, 0.3) is 0 Å². The van der Waals surface area contributed by atoms with E-state index in [1.165, 1.54) is 24.3 Å². The summed E-state index contributed by atoms with van der Waals surface area (Å²) in [5, 5.41) is 0. The molecule has 20 heavy (non-hydrogen) atoms. The minimum Gasteiger partial charge on any atom is -0.293 e. The summed E-state index contributed by atoms with van der Waals surface area (Å²) in [5.41, 5.74) is 0.640. The highest BCUT2D eigenvalue weighted by Crippen LogP contribution is 2.17. The van der Waals surface area contributed by atoms with Crippen LogP contribution in [-0.4, -0.2) is 20.0 Å². The third-order valence-corrected chi connectivity index (χ3v) is 4.67. The number of sulfone groups is 1. The average Bonchev–Trinajstić information content (AvgIpc) is 2.38. The van der Waals surface area contributed by atoms with Gasteiger partial charge < -0.3 is 0 Å². The summed E-state index contributed by atoms with van der Waals surface area (Å²) in [6.45, 7) is 1.67. The molecule has 0 N–H and O–H groups in total. The Balaban J connectivity index is 2.30. The molecule has 104 valence electrons. The number of ketones is 1. The van der Waals surface area contributed by atoms with Gasteiger partial charge in [-0.05, 0) is 30.7 Å². The van der Waals surface area contributed by atoms with Gasteiger partial charge in [0, 0.05) is 5.56 Å². The summed E-state index contributed by atoms with van der Waals surface area (Å²) in [6, 6.07) is 11.5. The maximum atomic E-state index is 13.0. The van der Waals surface area contributed by atoms with Crippen LogP contribution >= 0.6 is 0 Å². The number of benzene rings is 2. The molecular formula is C15H13FO3S. The maximum Gasteiger partial charge on any atom is 0.186 e. The first-order valence-electron chi connectivity index (χ1n) is 5.97. The van der Waals surface area contributed by atoms with Crippen LogP contribution in [0.5, 0.6) is 0 Å². The van der Waals surface area contributed by atoms with Crippen molar-refractivity contribution in [2.75, 3.05) is 5.75 Å². The van der Waals surface area contributed by atoms with Crippen molar-refractivity contribution in [2.45, 2.75) is 11.8 Å². The molecule has 0 heterocycles. The van der Waals surface area contributed by atoms with Gasteiger partial charge in [0.2, 0.25) is 0 Å². The minimum atomic E-state index is -3.72. The van der Waals surface area contributed by atoms with E-state index in [9.17, 15) is 17.6 Å². The van der Waals surface area contributed by atoms with Gasteiger partial charge in [-0.3, -0.25) is 4.79 Å². The standard InChI is InChI=1S/C15H13FO3S/c1-11-5-2-3-8-15(11)20(18,19)10-14(17)12-6-4-7-13(16)9-12/h2-9H,10H2,1H3. The quantitative estimate of drug-likeness (QED) is 0.814. The maximum absolute atomic E-state index is 13.0. The number of carbonyl (C=O) groups excluding carboxylic acids is 1. The molecule has 0 unspecified atom stereocenters. The summed E-state index contributed by atoms with van der Waals surface area (Å²) >= 11 is 0. The summed E-state index contributed by atoms with van der Waals surface area (Å²) < 4.78 is 37.5. The Kier molecular flexibility index (Phi) is 3.99. The van der Waals surface area contributed by atoms with Crippen molar-refractivity contribution >= 4 is 15.6 Å². The highest BCUT2D eigenvalue weighted by atomic mass is 32.2. The molecule has 0 fully saturated rings. The highest BCUT2D eigenvalue weighted by Gasteiger charge is 2.22. The molecule has 0 saturated heterocycles. The van der Waals surface area contributed by atoms with Crippen LogP contribution < -0.4 is 0 Å². The fourth-order valence-electron chi connectivity index (χ4n) is 1.90. The van der Waals surface area contributed by atoms with Crippen molar-refractivity contribution < 1.29 is 17.6 Å². The third kappa shape index (κ3) is 3.11. The van der Waals surface area contributed by atoms with Crippen LogP contribution in [0.4, 0.5) is 4.39 Å². The molecule has 0 aliphatic heterocycles. The molecule has 0 aliphatic rings. The lowest BCUT2D eigenvalue weighted by atomic mass is 10.1. The van der Waals surface area contributed by atoms with Crippen LogP contribution in [0.3, 0.4) is 0 Å². The normalized spacial score (nSPS) is 11.3. The molecule has 2 aromatic carbocycles. The Morgan fingerprint density at radius 2 is 1.80 bits per heavy atom. The number of rotatable bonds is 4. The van der Waals surface area contributed by atoms with Crippen LogP contribution in [0.1, 0.15) is 15.9 Å². The molecule has 5 heteroatoms. The molecule has 0 amide bonds. The topological polar surface area (TPSA) is 51.2 Å². The van der Waals surface area contributed by atoms with E-state index < -0.39 is 27.2 Å². The van der Waals surface area contributed by atoms with E-state index in [2.05, 4.69) is 0 Å². The zero-order chi connectivity index (χ0) is 14.8. The van der Waals surface area contributed by atoms with Crippen molar-refractivity contribution in [1.82, 2.24) is 0 Å². The summed E-state index contributed by atoms with van der Waals surface area (Å²) in [6.07, 6.45) is 0. The second kappa shape index (κ2) is 5.54. The van der Waals surface area contributed by atoms with Crippen LogP contribution in [0.2, 0.25) is 0 Å². The largest absolute Gasteiger partial charge is 0.293 e. The van der Waals surface area contributed by atoms with Gasteiger partial charge in [0.15, 0.2) is 15.6 Å². The zero-order valence-corrected chi connectivity index (χ0v) is 11.7. The molecule has 0 saturated carbocycles. The molecular weight excluding hydrogens is 279 g/mol. The number of carbonyl (C=O) groups is 1. The van der Waals surface area contributed by atoms with Crippen LogP contribution in [-0.2, 0) is 9.84 Å². The first-order valence-corrected chi connectivity index (χ1v) is 7.62. The molecule has 2 rings (SSSR count). The van der Waals surface area contributed by atoms with Gasteiger partial charge in [-0.1, -0.05) is 30.3 Å². The average molecular weight is 292 g/mol. The van der Waals surface area contributed by atoms with E-state index in [-0.39, 0.29) is 10.5 Å². The van der Waals surface area contributed by atoms with Crippen molar-refractivity contribution in [3.05, 3.63) is 65.5 Å². The molecule has 0 radical (unpaired) electrons. The number of hydrogen-bond acceptors (Lipinski definition) is 3. The lowest BCUT2D eigenvalue weighted by Crippen LogP contribution is -2.17. The van der Waals surface area contributed by atoms with Gasteiger partial charge >= 0.3 is 0 Å². The van der Waals surface area contributed by atoms with Crippen molar-refractivity contribution in [1.29, 1.82) is 0 Å². The second-order valence-corrected chi connectivity index (χ2v) is 6.42. The summed E-state index contributed by atoms with van der Waals surface area (Å²) in [4.78, 5) is 12.1. The predicted molar refractivity (Wildman–Crippen MR) is 74.0 cm³/mol. The Bertz CT molecular complexity index is 751. The lowest BCUT2D eigenvalue weighted by Gasteiger charge is -2.07. The second-order valence-electron chi connectivity index (χ2n) is 4.46. The molecule has 0 aromatic heterocycles. The first-order chi connectivity index (χ1) is 9.40. The van der Waals surface area contributed by atoms with Gasteiger partial charge in [-0.2, -0.15) is 0 Å². The highest BCUT2D eigenvalue weighted by molar-refractivity contribution is 7.92. The number of halogens is 1. The van der Waals surface area contributed by atoms with Crippen molar-refractivity contribution in [3.8, 4) is 0 Å². The summed E-state index contributed by atoms with van der Waals surface area (Å²) in [7, 11) is -3.72. The van der Waals surface area contributed by atoms with E-state index in [1.807, 2.05) is 0 Å². The van der Waals surface area contributed by atoms with E-state index in [1.54, 1.807) is 25.1 Å². The number of aryl methyl sites for hydroxylation is 1. The smallest absolute Gasteiger partial charge is 0.186 e. The monoisotopic (exact) mass is 292 g/mol. The van der Waals surface area contributed by atoms with Gasteiger partial charge in [0.25, 0.3) is 0 Å². The van der Waals surface area contributed by atoms with E-state index in [0.717, 1.165) is 6.07 Å². The predicted octanol–water partition coefficient (Wildman–Crippen LogP) is 2.79. The van der Waals surface area contributed by atoms with Gasteiger partial charge in [-0.25, -0.2) is 12.8 Å². The van der Waals surface area contributed by atoms with E-state index >= 15 is 0 Å². The molecule has 3 nitrogen and oxygen atoms in total. The molecule has 0 spiro atoms. The van der Waals surface area contributed by atoms with E-state index in [4.69, 9.17) is 0 Å². The minimum absolute atomic E-state index is 0.0576. The van der Waals surface area contributed by atoms with Crippen molar-refractivity contribution in [2.24, 2.45) is 0 Å². The molecule has 0 aliphatic carbocycles. The first kappa shape index (κ1) is 14.4. The third-order valence-electron chi connectivity index (χ3n) is 2.90. The van der Waals surface area contributed by atoms with Gasteiger partial charge in [-0.15, -0.1) is 0 Å². The lowest BCUT2D eigenvalue weighted by molar-refractivity contribution is 0.102. The van der Waals surface area contributed by atoms with Crippen LogP contribution in [0, 0.1) is 12.7 Å².